The molecule has 1 aromatic heterocycles. The van der Waals surface area contributed by atoms with Crippen LogP contribution in [0.15, 0.2) is 66.0 Å². The van der Waals surface area contributed by atoms with Gasteiger partial charge in [0, 0.05) is 16.8 Å². The van der Waals surface area contributed by atoms with E-state index >= 15 is 0 Å². The predicted molar refractivity (Wildman–Crippen MR) is 118 cm³/mol. The molecule has 5 heteroatoms. The SMILES string of the molecule is CCc1ccc([C@H]([NH2+][C@@H](C)C(=O)Nc2ccc(C(C)=O)cc2)c2cccs2)cc1. The zero-order valence-corrected chi connectivity index (χ0v) is 17.8. The van der Waals surface area contributed by atoms with Crippen LogP contribution in [-0.2, 0) is 11.2 Å². The van der Waals surface area contributed by atoms with Gasteiger partial charge in [0.1, 0.15) is 6.04 Å². The third-order valence-corrected chi connectivity index (χ3v) is 6.01. The molecule has 0 saturated carbocycles. The van der Waals surface area contributed by atoms with Crippen molar-refractivity contribution in [1.82, 2.24) is 0 Å². The Balaban J connectivity index is 1.72. The Kier molecular flexibility index (Phi) is 6.96. The van der Waals surface area contributed by atoms with Crippen LogP contribution in [0.1, 0.15) is 53.2 Å². The van der Waals surface area contributed by atoms with E-state index < -0.39 is 0 Å². The fraction of sp³-hybridized carbons (Fsp3) is 0.250. The van der Waals surface area contributed by atoms with Gasteiger partial charge in [-0.1, -0.05) is 37.3 Å². The summed E-state index contributed by atoms with van der Waals surface area (Å²) in [5.74, 6) is -0.0511. The number of hydrogen-bond acceptors (Lipinski definition) is 3. The Morgan fingerprint density at radius 2 is 1.72 bits per heavy atom. The number of rotatable bonds is 8. The van der Waals surface area contributed by atoms with E-state index in [1.54, 1.807) is 35.6 Å². The van der Waals surface area contributed by atoms with Gasteiger partial charge in [-0.2, -0.15) is 0 Å². The minimum atomic E-state index is -0.277. The Morgan fingerprint density at radius 3 is 2.28 bits per heavy atom. The number of nitrogens with one attached hydrogen (secondary N) is 1. The second-order valence-electron chi connectivity index (χ2n) is 7.19. The number of carbonyl (C=O) groups excluding carboxylic acids is 2. The first-order valence-electron chi connectivity index (χ1n) is 9.87. The molecule has 0 aliphatic rings. The van der Waals surface area contributed by atoms with Gasteiger partial charge in [0.05, 0.1) is 4.88 Å². The second kappa shape index (κ2) is 9.63. The molecule has 1 heterocycles. The molecule has 0 bridgehead atoms. The van der Waals surface area contributed by atoms with E-state index in [9.17, 15) is 9.59 Å². The minimum absolute atomic E-state index is 0.0115. The summed E-state index contributed by atoms with van der Waals surface area (Å²) in [6, 6.07) is 19.6. The molecule has 29 heavy (non-hydrogen) atoms. The van der Waals surface area contributed by atoms with Crippen LogP contribution in [0.25, 0.3) is 0 Å². The first kappa shape index (κ1) is 21.0. The normalized spacial score (nSPS) is 12.9. The Hall–Kier alpha value is -2.76. The highest BCUT2D eigenvalue weighted by atomic mass is 32.1. The van der Waals surface area contributed by atoms with Crippen LogP contribution in [0.2, 0.25) is 0 Å². The summed E-state index contributed by atoms with van der Waals surface area (Å²) in [6.45, 7) is 5.59. The molecule has 0 saturated heterocycles. The molecule has 2 aromatic carbocycles. The minimum Gasteiger partial charge on any atom is -0.326 e. The van der Waals surface area contributed by atoms with E-state index in [-0.39, 0.29) is 23.8 Å². The zero-order valence-electron chi connectivity index (χ0n) is 17.0. The fourth-order valence-electron chi connectivity index (χ4n) is 3.22. The summed E-state index contributed by atoms with van der Waals surface area (Å²) in [7, 11) is 0. The zero-order chi connectivity index (χ0) is 20.8. The molecule has 3 N–H and O–H groups in total. The maximum absolute atomic E-state index is 12.8. The molecule has 0 aliphatic heterocycles. The average Bonchev–Trinajstić information content (AvgIpc) is 3.27. The number of ketones is 1. The van der Waals surface area contributed by atoms with E-state index in [1.165, 1.54) is 22.9 Å². The smallest absolute Gasteiger partial charge is 0.282 e. The van der Waals surface area contributed by atoms with E-state index in [2.05, 4.69) is 53.3 Å². The van der Waals surface area contributed by atoms with Crippen LogP contribution < -0.4 is 10.6 Å². The van der Waals surface area contributed by atoms with Gasteiger partial charge in [-0.3, -0.25) is 9.59 Å². The quantitative estimate of drug-likeness (QED) is 0.550. The van der Waals surface area contributed by atoms with E-state index in [0.29, 0.717) is 11.3 Å². The summed E-state index contributed by atoms with van der Waals surface area (Å²) >= 11 is 1.70. The van der Waals surface area contributed by atoms with Crippen molar-refractivity contribution in [2.75, 3.05) is 5.32 Å². The van der Waals surface area contributed by atoms with Crippen LogP contribution in [0.3, 0.4) is 0 Å². The van der Waals surface area contributed by atoms with E-state index in [0.717, 1.165) is 6.42 Å². The number of amides is 1. The second-order valence-corrected chi connectivity index (χ2v) is 8.17. The van der Waals surface area contributed by atoms with Gasteiger partial charge in [-0.25, -0.2) is 0 Å². The van der Waals surface area contributed by atoms with Gasteiger partial charge in [0.2, 0.25) is 0 Å². The molecule has 0 unspecified atom stereocenters. The molecule has 2 atom stereocenters. The molecular weight excluding hydrogens is 380 g/mol. The summed E-state index contributed by atoms with van der Waals surface area (Å²) in [5.41, 5.74) is 3.82. The molecule has 1 amide bonds. The summed E-state index contributed by atoms with van der Waals surface area (Å²) < 4.78 is 0. The fourth-order valence-corrected chi connectivity index (χ4v) is 4.05. The first-order valence-corrected chi connectivity index (χ1v) is 10.7. The van der Waals surface area contributed by atoms with Crippen molar-refractivity contribution >= 4 is 28.7 Å². The number of benzene rings is 2. The van der Waals surface area contributed by atoms with Gasteiger partial charge in [-0.15, -0.1) is 11.3 Å². The Labute approximate surface area is 176 Å². The number of quaternary nitrogens is 1. The lowest BCUT2D eigenvalue weighted by Gasteiger charge is -2.20. The molecule has 4 nitrogen and oxygen atoms in total. The highest BCUT2D eigenvalue weighted by Gasteiger charge is 2.25. The number of aryl methyl sites for hydroxylation is 1. The maximum atomic E-state index is 12.8. The van der Waals surface area contributed by atoms with E-state index in [1.807, 2.05) is 13.0 Å². The third-order valence-electron chi connectivity index (χ3n) is 5.05. The standard InChI is InChI=1S/C24H26N2O2S/c1-4-18-7-9-20(10-8-18)23(22-6-5-15-29-22)25-16(2)24(28)26-21-13-11-19(12-14-21)17(3)27/h5-16,23,25H,4H2,1-3H3,(H,26,28)/p+1/t16-,23-/m0/s1. The Morgan fingerprint density at radius 1 is 1.03 bits per heavy atom. The van der Waals surface area contributed by atoms with Crippen LogP contribution in [0, 0.1) is 0 Å². The Bertz CT molecular complexity index is 948. The summed E-state index contributed by atoms with van der Waals surface area (Å²) in [5, 5.41) is 7.12. The highest BCUT2D eigenvalue weighted by molar-refractivity contribution is 7.10. The lowest BCUT2D eigenvalue weighted by Crippen LogP contribution is -2.92. The summed E-state index contributed by atoms with van der Waals surface area (Å²) in [6.07, 6.45) is 1.01. The molecule has 3 rings (SSSR count). The van der Waals surface area contributed by atoms with Gasteiger partial charge in [-0.05, 0) is 61.5 Å². The van der Waals surface area contributed by atoms with Crippen molar-refractivity contribution in [2.24, 2.45) is 0 Å². The third kappa shape index (κ3) is 5.40. The number of hydrogen-bond donors (Lipinski definition) is 2. The van der Waals surface area contributed by atoms with Gasteiger partial charge < -0.3 is 10.6 Å². The lowest BCUT2D eigenvalue weighted by atomic mass is 10.0. The molecule has 0 aliphatic carbocycles. The van der Waals surface area contributed by atoms with Crippen LogP contribution in [0.4, 0.5) is 5.69 Å². The molecular formula is C24H27N2O2S+. The van der Waals surface area contributed by atoms with Gasteiger partial charge >= 0.3 is 0 Å². The molecule has 0 fully saturated rings. The predicted octanol–water partition coefficient (Wildman–Crippen LogP) is 4.19. The maximum Gasteiger partial charge on any atom is 0.282 e. The van der Waals surface area contributed by atoms with Crippen molar-refractivity contribution in [3.05, 3.63) is 87.6 Å². The molecule has 0 spiro atoms. The molecule has 3 aromatic rings. The number of thiophene rings is 1. The van der Waals surface area contributed by atoms with Crippen molar-refractivity contribution in [3.8, 4) is 0 Å². The number of carbonyl (C=O) groups is 2. The largest absolute Gasteiger partial charge is 0.326 e. The lowest BCUT2D eigenvalue weighted by molar-refractivity contribution is -0.703. The van der Waals surface area contributed by atoms with Gasteiger partial charge in [0.15, 0.2) is 11.8 Å². The van der Waals surface area contributed by atoms with Crippen LogP contribution >= 0.6 is 11.3 Å². The first-order chi connectivity index (χ1) is 14.0. The van der Waals surface area contributed by atoms with Crippen molar-refractivity contribution < 1.29 is 14.9 Å². The van der Waals surface area contributed by atoms with Crippen molar-refractivity contribution in [2.45, 2.75) is 39.3 Å². The monoisotopic (exact) mass is 407 g/mol. The van der Waals surface area contributed by atoms with Gasteiger partial charge in [0.25, 0.3) is 5.91 Å². The number of nitrogens with two attached hydrogens (primary N) is 1. The molecule has 0 radical (unpaired) electrons. The topological polar surface area (TPSA) is 62.8 Å². The number of Topliss-reactive ketones (excluding diaryl/α,β-unsaturated/α-hetero) is 1. The van der Waals surface area contributed by atoms with Crippen molar-refractivity contribution in [3.63, 3.8) is 0 Å². The number of anilines is 1. The average molecular weight is 408 g/mol. The summed E-state index contributed by atoms with van der Waals surface area (Å²) in [4.78, 5) is 25.4. The van der Waals surface area contributed by atoms with Crippen molar-refractivity contribution in [1.29, 1.82) is 0 Å². The van der Waals surface area contributed by atoms with Crippen LogP contribution in [-0.4, -0.2) is 17.7 Å². The van der Waals surface area contributed by atoms with E-state index in [4.69, 9.17) is 0 Å². The molecule has 150 valence electrons. The highest BCUT2D eigenvalue weighted by Crippen LogP contribution is 2.23. The van der Waals surface area contributed by atoms with Crippen LogP contribution in [0.5, 0.6) is 0 Å².